The summed E-state index contributed by atoms with van der Waals surface area (Å²) in [6.07, 6.45) is 3.10. The molecular weight excluding hydrogens is 266 g/mol. The molecule has 0 aromatic carbocycles. The first kappa shape index (κ1) is 11.9. The lowest BCUT2D eigenvalue weighted by Gasteiger charge is -2.29. The quantitative estimate of drug-likeness (QED) is 0.923. The number of hydrogen-bond donors (Lipinski definition) is 1. The zero-order valence-electron chi connectivity index (χ0n) is 9.83. The van der Waals surface area contributed by atoms with Gasteiger partial charge in [-0.15, -0.1) is 0 Å². The van der Waals surface area contributed by atoms with E-state index < -0.39 is 0 Å². The van der Waals surface area contributed by atoms with Gasteiger partial charge in [0.25, 0.3) is 0 Å². The summed E-state index contributed by atoms with van der Waals surface area (Å²) in [6, 6.07) is 2.73. The Morgan fingerprint density at radius 3 is 3.00 bits per heavy atom. The lowest BCUT2D eigenvalue weighted by atomic mass is 10.2. The Bertz CT molecular complexity index is 361. The van der Waals surface area contributed by atoms with Crippen molar-refractivity contribution in [3.05, 3.63) is 22.3 Å². The van der Waals surface area contributed by atoms with Crippen molar-refractivity contribution in [3.8, 4) is 0 Å². The predicted molar refractivity (Wildman–Crippen MR) is 71.0 cm³/mol. The smallest absolute Gasteiger partial charge is 0.131 e. The first-order chi connectivity index (χ1) is 7.72. The number of likely N-dealkylation sites (N-methyl/N-ethyl adjacent to an activating group) is 1. The van der Waals surface area contributed by atoms with Crippen molar-refractivity contribution in [2.24, 2.45) is 0 Å². The Morgan fingerprint density at radius 1 is 1.62 bits per heavy atom. The van der Waals surface area contributed by atoms with E-state index in [9.17, 15) is 0 Å². The number of aryl methyl sites for hydroxylation is 1. The van der Waals surface area contributed by atoms with Crippen LogP contribution in [0.5, 0.6) is 0 Å². The molecule has 0 spiro atoms. The molecule has 1 fully saturated rings. The Hall–Kier alpha value is -0.610. The van der Waals surface area contributed by atoms with E-state index in [-0.39, 0.29) is 0 Å². The zero-order valence-corrected chi connectivity index (χ0v) is 11.4. The fourth-order valence-electron chi connectivity index (χ4n) is 2.32. The maximum Gasteiger partial charge on any atom is 0.131 e. The molecule has 2 rings (SSSR count). The van der Waals surface area contributed by atoms with E-state index in [1.54, 1.807) is 0 Å². The van der Waals surface area contributed by atoms with Gasteiger partial charge in [0.15, 0.2) is 0 Å². The van der Waals surface area contributed by atoms with Gasteiger partial charge >= 0.3 is 0 Å². The molecular formula is C12H18BrN3. The van der Waals surface area contributed by atoms with Gasteiger partial charge < -0.3 is 10.2 Å². The van der Waals surface area contributed by atoms with Crippen LogP contribution in [0.1, 0.15) is 18.9 Å². The molecule has 0 saturated carbocycles. The second-order valence-electron chi connectivity index (χ2n) is 4.23. The van der Waals surface area contributed by atoms with Crippen molar-refractivity contribution in [2.45, 2.75) is 26.3 Å². The minimum Gasteiger partial charge on any atom is -0.352 e. The van der Waals surface area contributed by atoms with Crippen LogP contribution in [0.4, 0.5) is 5.82 Å². The largest absolute Gasteiger partial charge is 0.352 e. The van der Waals surface area contributed by atoms with Crippen molar-refractivity contribution < 1.29 is 0 Å². The van der Waals surface area contributed by atoms with E-state index in [0.29, 0.717) is 6.04 Å². The second-order valence-corrected chi connectivity index (χ2v) is 5.14. The van der Waals surface area contributed by atoms with Crippen LogP contribution >= 0.6 is 15.9 Å². The second kappa shape index (κ2) is 5.15. The summed E-state index contributed by atoms with van der Waals surface area (Å²) in [7, 11) is 0. The number of nitrogens with one attached hydrogen (secondary N) is 1. The van der Waals surface area contributed by atoms with Gasteiger partial charge in [0.2, 0.25) is 0 Å². The predicted octanol–water partition coefficient (Wildman–Crippen LogP) is 2.34. The third-order valence-corrected chi connectivity index (χ3v) is 3.54. The third-order valence-electron chi connectivity index (χ3n) is 3.11. The van der Waals surface area contributed by atoms with E-state index in [4.69, 9.17) is 0 Å². The first-order valence-corrected chi connectivity index (χ1v) is 6.61. The van der Waals surface area contributed by atoms with Crippen molar-refractivity contribution in [3.63, 3.8) is 0 Å². The Labute approximate surface area is 105 Å². The van der Waals surface area contributed by atoms with Crippen LogP contribution in [0.25, 0.3) is 0 Å². The molecule has 3 nitrogen and oxygen atoms in total. The summed E-state index contributed by atoms with van der Waals surface area (Å²) >= 11 is 3.46. The average Bonchev–Trinajstić information content (AvgIpc) is 2.75. The number of aromatic nitrogens is 1. The lowest BCUT2D eigenvalue weighted by molar-refractivity contribution is 0.638. The van der Waals surface area contributed by atoms with Crippen molar-refractivity contribution in [2.75, 3.05) is 24.5 Å². The molecule has 1 atom stereocenters. The van der Waals surface area contributed by atoms with Gasteiger partial charge in [-0.1, -0.05) is 0 Å². The number of pyridine rings is 1. The van der Waals surface area contributed by atoms with Crippen LogP contribution < -0.4 is 10.2 Å². The Morgan fingerprint density at radius 2 is 2.44 bits per heavy atom. The molecule has 1 N–H and O–H groups in total. The van der Waals surface area contributed by atoms with Gasteiger partial charge in [-0.05, 0) is 54.4 Å². The van der Waals surface area contributed by atoms with Gasteiger partial charge in [-0.3, -0.25) is 0 Å². The van der Waals surface area contributed by atoms with E-state index in [2.05, 4.69) is 51.0 Å². The van der Waals surface area contributed by atoms with Gasteiger partial charge in [0.05, 0.1) is 0 Å². The molecule has 16 heavy (non-hydrogen) atoms. The molecule has 2 heterocycles. The highest BCUT2D eigenvalue weighted by Crippen LogP contribution is 2.23. The molecule has 88 valence electrons. The van der Waals surface area contributed by atoms with E-state index in [1.807, 2.05) is 6.20 Å². The lowest BCUT2D eigenvalue weighted by Crippen LogP contribution is -2.37. The maximum absolute atomic E-state index is 4.54. The summed E-state index contributed by atoms with van der Waals surface area (Å²) in [6.45, 7) is 7.53. The summed E-state index contributed by atoms with van der Waals surface area (Å²) in [4.78, 5) is 6.95. The van der Waals surface area contributed by atoms with Crippen LogP contribution in [0.3, 0.4) is 0 Å². The average molecular weight is 284 g/mol. The van der Waals surface area contributed by atoms with Crippen LogP contribution in [-0.4, -0.2) is 30.7 Å². The highest BCUT2D eigenvalue weighted by molar-refractivity contribution is 9.10. The summed E-state index contributed by atoms with van der Waals surface area (Å²) < 4.78 is 1.05. The maximum atomic E-state index is 4.54. The highest BCUT2D eigenvalue weighted by atomic mass is 79.9. The number of rotatable bonds is 3. The minimum atomic E-state index is 0.595. The minimum absolute atomic E-state index is 0.595. The Balaban J connectivity index is 2.25. The van der Waals surface area contributed by atoms with Gasteiger partial charge in [-0.25, -0.2) is 4.98 Å². The summed E-state index contributed by atoms with van der Waals surface area (Å²) in [5.74, 6) is 1.12. The molecule has 0 amide bonds. The number of hydrogen-bond acceptors (Lipinski definition) is 3. The molecule has 0 bridgehead atoms. The van der Waals surface area contributed by atoms with Crippen molar-refractivity contribution in [1.29, 1.82) is 0 Å². The van der Waals surface area contributed by atoms with Crippen molar-refractivity contribution >= 4 is 21.7 Å². The first-order valence-electron chi connectivity index (χ1n) is 5.82. The van der Waals surface area contributed by atoms with Crippen LogP contribution in [0.2, 0.25) is 0 Å². The highest BCUT2D eigenvalue weighted by Gasteiger charge is 2.23. The van der Waals surface area contributed by atoms with Crippen LogP contribution in [-0.2, 0) is 0 Å². The third kappa shape index (κ3) is 2.38. The van der Waals surface area contributed by atoms with Crippen LogP contribution in [0.15, 0.2) is 16.7 Å². The molecule has 1 aliphatic heterocycles. The normalized spacial score (nSPS) is 20.1. The molecule has 1 aromatic heterocycles. The molecule has 0 aliphatic carbocycles. The molecule has 4 heteroatoms. The van der Waals surface area contributed by atoms with E-state index >= 15 is 0 Å². The molecule has 1 saturated heterocycles. The van der Waals surface area contributed by atoms with E-state index in [0.717, 1.165) is 29.9 Å². The zero-order chi connectivity index (χ0) is 11.5. The molecule has 1 unspecified atom stereocenters. The van der Waals surface area contributed by atoms with E-state index in [1.165, 1.54) is 12.0 Å². The van der Waals surface area contributed by atoms with Gasteiger partial charge in [-0.2, -0.15) is 0 Å². The summed E-state index contributed by atoms with van der Waals surface area (Å²) in [5.41, 5.74) is 1.24. The number of halogens is 1. The van der Waals surface area contributed by atoms with Gasteiger partial charge in [0.1, 0.15) is 5.82 Å². The summed E-state index contributed by atoms with van der Waals surface area (Å²) in [5, 5.41) is 3.41. The van der Waals surface area contributed by atoms with Crippen molar-refractivity contribution in [1.82, 2.24) is 10.3 Å². The fourth-order valence-corrected chi connectivity index (χ4v) is 2.77. The standard InChI is InChI=1S/C12H18BrN3/c1-3-16(11-4-5-14-8-11)12-9(2)6-10(13)7-15-12/h6-7,11,14H,3-5,8H2,1-2H3. The van der Waals surface area contributed by atoms with Crippen LogP contribution in [0, 0.1) is 6.92 Å². The number of nitrogens with zero attached hydrogens (tertiary/aromatic N) is 2. The molecule has 1 aliphatic rings. The topological polar surface area (TPSA) is 28.2 Å². The SMILES string of the molecule is CCN(c1ncc(Br)cc1C)C1CCNC1. The fraction of sp³-hybridized carbons (Fsp3) is 0.583. The monoisotopic (exact) mass is 283 g/mol. The Kier molecular flexibility index (Phi) is 3.82. The molecule has 1 aromatic rings. The molecule has 0 radical (unpaired) electrons. The number of anilines is 1. The van der Waals surface area contributed by atoms with Gasteiger partial charge in [0, 0.05) is 29.8 Å².